The Labute approximate surface area is 198 Å². The molecule has 4 rings (SSSR count). The van der Waals surface area contributed by atoms with Crippen molar-refractivity contribution in [1.29, 1.82) is 0 Å². The number of hydrogen-bond donors (Lipinski definition) is 1. The van der Waals surface area contributed by atoms with Gasteiger partial charge in [-0.25, -0.2) is 0 Å². The van der Waals surface area contributed by atoms with Crippen LogP contribution in [0.25, 0.3) is 0 Å². The highest BCUT2D eigenvalue weighted by Crippen LogP contribution is 2.34. The highest BCUT2D eigenvalue weighted by molar-refractivity contribution is 6.08. The van der Waals surface area contributed by atoms with E-state index in [1.165, 1.54) is 23.6 Å². The number of rotatable bonds is 8. The first-order valence-electron chi connectivity index (χ1n) is 11.4. The molecule has 2 amide bonds. The first kappa shape index (κ1) is 23.4. The van der Waals surface area contributed by atoms with E-state index >= 15 is 0 Å². The molecule has 8 nitrogen and oxygen atoms in total. The van der Waals surface area contributed by atoms with Gasteiger partial charge in [-0.15, -0.1) is 0 Å². The number of amides is 2. The van der Waals surface area contributed by atoms with Crippen LogP contribution < -0.4 is 19.7 Å². The zero-order valence-electron chi connectivity index (χ0n) is 19.4. The number of methoxy groups -OCH3 is 2. The largest absolute Gasteiger partial charge is 0.497 e. The lowest BCUT2D eigenvalue weighted by molar-refractivity contribution is -0.123. The van der Waals surface area contributed by atoms with Crippen LogP contribution in [0, 0.1) is 0 Å². The molecule has 1 N–H and O–H groups in total. The lowest BCUT2D eigenvalue weighted by Gasteiger charge is -2.33. The molecule has 1 aliphatic carbocycles. The van der Waals surface area contributed by atoms with Crippen LogP contribution >= 0.6 is 0 Å². The highest BCUT2D eigenvalue weighted by atomic mass is 16.5. The van der Waals surface area contributed by atoms with Crippen LogP contribution in [0.1, 0.15) is 54.3 Å². The summed E-state index contributed by atoms with van der Waals surface area (Å²) in [6.45, 7) is 0. The first-order valence-corrected chi connectivity index (χ1v) is 11.4. The fourth-order valence-electron chi connectivity index (χ4n) is 4.35. The molecule has 0 aliphatic heterocycles. The van der Waals surface area contributed by atoms with E-state index in [2.05, 4.69) is 10.5 Å². The van der Waals surface area contributed by atoms with Crippen molar-refractivity contribution in [3.63, 3.8) is 0 Å². The third-order valence-electron chi connectivity index (χ3n) is 6.05. The van der Waals surface area contributed by atoms with Gasteiger partial charge < -0.3 is 19.3 Å². The van der Waals surface area contributed by atoms with Crippen LogP contribution in [0.5, 0.6) is 11.5 Å². The molecule has 1 heterocycles. The maximum Gasteiger partial charge on any atom is 0.297 e. The minimum absolute atomic E-state index is 0.0363. The Hall–Kier alpha value is -3.81. The van der Waals surface area contributed by atoms with Crippen LogP contribution in [0.3, 0.4) is 0 Å². The summed E-state index contributed by atoms with van der Waals surface area (Å²) in [5, 5.41) is 6.86. The second-order valence-corrected chi connectivity index (χ2v) is 8.28. The number of aromatic nitrogens is 1. The van der Waals surface area contributed by atoms with Gasteiger partial charge in [0.15, 0.2) is 0 Å². The molecule has 8 heteroatoms. The van der Waals surface area contributed by atoms with E-state index in [-0.39, 0.29) is 17.7 Å². The lowest BCUT2D eigenvalue weighted by Crippen LogP contribution is -2.47. The molecule has 1 aliphatic rings. The minimum Gasteiger partial charge on any atom is -0.497 e. The summed E-state index contributed by atoms with van der Waals surface area (Å²) in [5.41, 5.74) is 1.11. The van der Waals surface area contributed by atoms with Crippen molar-refractivity contribution in [1.82, 2.24) is 10.5 Å². The quantitative estimate of drug-likeness (QED) is 0.528. The van der Waals surface area contributed by atoms with Crippen LogP contribution in [0.4, 0.5) is 5.69 Å². The summed E-state index contributed by atoms with van der Waals surface area (Å²) >= 11 is 0. The van der Waals surface area contributed by atoms with E-state index in [0.29, 0.717) is 22.7 Å². The summed E-state index contributed by atoms with van der Waals surface area (Å²) in [6, 6.07) is 14.8. The van der Waals surface area contributed by atoms with Gasteiger partial charge in [-0.1, -0.05) is 42.6 Å². The number of carbonyl (C=O) groups is 2. The summed E-state index contributed by atoms with van der Waals surface area (Å²) in [6.07, 6.45) is 6.55. The molecule has 0 bridgehead atoms. The fourth-order valence-corrected chi connectivity index (χ4v) is 4.35. The van der Waals surface area contributed by atoms with E-state index in [1.807, 2.05) is 18.2 Å². The minimum atomic E-state index is -0.995. The number of carbonyl (C=O) groups excluding carboxylic acids is 2. The molecule has 3 aromatic rings. The number of para-hydroxylation sites is 1. The third-order valence-corrected chi connectivity index (χ3v) is 6.05. The van der Waals surface area contributed by atoms with E-state index in [0.717, 1.165) is 25.7 Å². The van der Waals surface area contributed by atoms with Gasteiger partial charge >= 0.3 is 0 Å². The summed E-state index contributed by atoms with van der Waals surface area (Å²) in [5.74, 6) is 0.317. The zero-order valence-corrected chi connectivity index (χ0v) is 19.4. The van der Waals surface area contributed by atoms with Gasteiger partial charge in [-0.2, -0.15) is 0 Å². The first-order chi connectivity index (χ1) is 16.6. The SMILES string of the molecule is COc1cc(OC)cc([C@H](C(=O)NC2CCCCC2)N(C(=O)c2ccno2)c2ccccc2)c1. The number of ether oxygens (including phenoxy) is 2. The Bertz CT molecular complexity index is 1070. The van der Waals surface area contributed by atoms with Gasteiger partial charge in [0.2, 0.25) is 11.7 Å². The number of benzene rings is 2. The average molecular weight is 464 g/mol. The Kier molecular flexibility index (Phi) is 7.47. The predicted octanol–water partition coefficient (Wildman–Crippen LogP) is 4.53. The molecule has 0 unspecified atom stereocenters. The second kappa shape index (κ2) is 10.9. The van der Waals surface area contributed by atoms with Crippen molar-refractivity contribution in [3.8, 4) is 11.5 Å². The number of hydrogen-bond acceptors (Lipinski definition) is 6. The van der Waals surface area contributed by atoms with E-state index in [9.17, 15) is 9.59 Å². The average Bonchev–Trinajstić information content (AvgIpc) is 3.42. The van der Waals surface area contributed by atoms with Gasteiger partial charge in [0.25, 0.3) is 5.91 Å². The molecular weight excluding hydrogens is 434 g/mol. The van der Waals surface area contributed by atoms with Crippen molar-refractivity contribution in [2.24, 2.45) is 0 Å². The third kappa shape index (κ3) is 5.22. The van der Waals surface area contributed by atoms with E-state index in [4.69, 9.17) is 14.0 Å². The maximum atomic E-state index is 13.9. The van der Waals surface area contributed by atoms with E-state index < -0.39 is 11.9 Å². The van der Waals surface area contributed by atoms with Crippen molar-refractivity contribution >= 4 is 17.5 Å². The van der Waals surface area contributed by atoms with Crippen LogP contribution in [-0.2, 0) is 4.79 Å². The van der Waals surface area contributed by atoms with Crippen molar-refractivity contribution in [2.75, 3.05) is 19.1 Å². The number of nitrogens with zero attached hydrogens (tertiary/aromatic N) is 2. The van der Waals surface area contributed by atoms with Gasteiger partial charge in [-0.3, -0.25) is 14.5 Å². The highest BCUT2D eigenvalue weighted by Gasteiger charge is 2.36. The predicted molar refractivity (Wildman–Crippen MR) is 127 cm³/mol. The van der Waals surface area contributed by atoms with Crippen molar-refractivity contribution < 1.29 is 23.6 Å². The second-order valence-electron chi connectivity index (χ2n) is 8.28. The smallest absolute Gasteiger partial charge is 0.297 e. The molecule has 1 aromatic heterocycles. The summed E-state index contributed by atoms with van der Waals surface area (Å²) in [4.78, 5) is 29.0. The van der Waals surface area contributed by atoms with Crippen LogP contribution in [0.15, 0.2) is 65.3 Å². The van der Waals surface area contributed by atoms with Crippen molar-refractivity contribution in [3.05, 3.63) is 72.1 Å². The zero-order chi connectivity index (χ0) is 23.9. The molecule has 0 saturated heterocycles. The van der Waals surface area contributed by atoms with Gasteiger partial charge in [-0.05, 0) is 42.7 Å². The maximum absolute atomic E-state index is 13.9. The van der Waals surface area contributed by atoms with Crippen LogP contribution in [0.2, 0.25) is 0 Å². The van der Waals surface area contributed by atoms with Crippen LogP contribution in [-0.4, -0.2) is 37.2 Å². The fraction of sp³-hybridized carbons (Fsp3) is 0.346. The molecule has 178 valence electrons. The van der Waals surface area contributed by atoms with E-state index in [1.54, 1.807) is 44.6 Å². The monoisotopic (exact) mass is 463 g/mol. The molecule has 2 aromatic carbocycles. The molecule has 34 heavy (non-hydrogen) atoms. The Morgan fingerprint density at radius 2 is 1.68 bits per heavy atom. The molecular formula is C26H29N3O5. The molecule has 1 saturated carbocycles. The van der Waals surface area contributed by atoms with Gasteiger partial charge in [0.05, 0.1) is 20.4 Å². The normalized spacial score (nSPS) is 14.8. The lowest BCUT2D eigenvalue weighted by atomic mass is 9.94. The Morgan fingerprint density at radius 1 is 1.00 bits per heavy atom. The van der Waals surface area contributed by atoms with Crippen molar-refractivity contribution in [2.45, 2.75) is 44.2 Å². The number of anilines is 1. The van der Waals surface area contributed by atoms with Gasteiger partial charge in [0.1, 0.15) is 17.5 Å². The van der Waals surface area contributed by atoms with Gasteiger partial charge in [0, 0.05) is 23.9 Å². The Balaban J connectivity index is 1.83. The molecule has 1 atom stereocenters. The molecule has 0 radical (unpaired) electrons. The topological polar surface area (TPSA) is 93.9 Å². The molecule has 1 fully saturated rings. The molecule has 0 spiro atoms. The number of nitrogens with one attached hydrogen (secondary N) is 1. The standard InChI is InChI=1S/C26H29N3O5/c1-32-21-15-18(16-22(17-21)33-2)24(25(30)28-19-9-5-3-6-10-19)29(20-11-7-4-8-12-20)26(31)23-13-14-27-34-23/h4,7-8,11-17,19,24H,3,5-6,9-10H2,1-2H3,(H,28,30)/t24-/m1/s1. The Morgan fingerprint density at radius 3 is 2.26 bits per heavy atom. The summed E-state index contributed by atoms with van der Waals surface area (Å²) < 4.78 is 16.1. The summed E-state index contributed by atoms with van der Waals surface area (Å²) in [7, 11) is 3.09.